The van der Waals surface area contributed by atoms with Crippen LogP contribution in [0.3, 0.4) is 0 Å². The van der Waals surface area contributed by atoms with Crippen LogP contribution in [0.4, 0.5) is 0 Å². The van der Waals surface area contributed by atoms with Crippen molar-refractivity contribution in [3.63, 3.8) is 0 Å². The Morgan fingerprint density at radius 2 is 2.29 bits per heavy atom. The van der Waals surface area contributed by atoms with Gasteiger partial charge in [0.2, 0.25) is 0 Å². The molecule has 0 radical (unpaired) electrons. The number of hydrogen-bond donors (Lipinski definition) is 1. The van der Waals surface area contributed by atoms with E-state index in [9.17, 15) is 9.90 Å². The highest BCUT2D eigenvalue weighted by atomic mass is 16.3. The van der Waals surface area contributed by atoms with Gasteiger partial charge in [-0.3, -0.25) is 4.79 Å². The molecule has 0 aromatic heterocycles. The molecule has 0 amide bonds. The number of aliphatic hydroxyl groups is 1. The molecular formula is C11H15NO2. The Balaban J connectivity index is 2.30. The summed E-state index contributed by atoms with van der Waals surface area (Å²) in [6.07, 6.45) is 2.92. The van der Waals surface area contributed by atoms with Crippen LogP contribution in [-0.4, -0.2) is 16.5 Å². The normalized spacial score (nSPS) is 47.2. The fourth-order valence-electron chi connectivity index (χ4n) is 2.91. The maximum atomic E-state index is 11.7. The number of carbonyl (C=O) groups excluding carboxylic acids is 1. The number of fused-ring (bicyclic) bond motifs is 1. The molecule has 3 heteroatoms. The van der Waals surface area contributed by atoms with E-state index < -0.39 is 11.0 Å². The van der Waals surface area contributed by atoms with Gasteiger partial charge in [-0.25, -0.2) is 0 Å². The summed E-state index contributed by atoms with van der Waals surface area (Å²) in [4.78, 5) is 11.7. The van der Waals surface area contributed by atoms with Gasteiger partial charge < -0.3 is 5.11 Å². The lowest BCUT2D eigenvalue weighted by molar-refractivity contribution is -0.142. The fourth-order valence-corrected chi connectivity index (χ4v) is 2.91. The molecule has 0 bridgehead atoms. The number of nitriles is 1. The minimum absolute atomic E-state index is 0.0704. The topological polar surface area (TPSA) is 61.1 Å². The molecule has 14 heavy (non-hydrogen) atoms. The van der Waals surface area contributed by atoms with Gasteiger partial charge in [0.15, 0.2) is 0 Å². The summed E-state index contributed by atoms with van der Waals surface area (Å²) in [5, 5.41) is 19.2. The Morgan fingerprint density at radius 1 is 1.57 bits per heavy atom. The molecule has 2 fully saturated rings. The zero-order chi connectivity index (χ0) is 10.4. The molecule has 3 nitrogen and oxygen atoms in total. The second-order valence-corrected chi connectivity index (χ2v) is 4.86. The van der Waals surface area contributed by atoms with Gasteiger partial charge in [-0.05, 0) is 32.6 Å². The van der Waals surface area contributed by atoms with Crippen molar-refractivity contribution in [3.8, 4) is 6.07 Å². The van der Waals surface area contributed by atoms with Gasteiger partial charge in [-0.1, -0.05) is 0 Å². The van der Waals surface area contributed by atoms with E-state index in [1.807, 2.05) is 6.92 Å². The van der Waals surface area contributed by atoms with Crippen molar-refractivity contribution in [3.05, 3.63) is 0 Å². The molecule has 2 rings (SSSR count). The van der Waals surface area contributed by atoms with Gasteiger partial charge in [0, 0.05) is 12.3 Å². The van der Waals surface area contributed by atoms with Gasteiger partial charge in [-0.15, -0.1) is 0 Å². The van der Waals surface area contributed by atoms with Gasteiger partial charge in [-0.2, -0.15) is 5.26 Å². The average Bonchev–Trinajstić information content (AvgIpc) is 2.40. The Hall–Kier alpha value is -0.880. The van der Waals surface area contributed by atoms with Crippen LogP contribution in [0.1, 0.15) is 39.0 Å². The molecule has 0 heterocycles. The highest BCUT2D eigenvalue weighted by molar-refractivity contribution is 5.88. The van der Waals surface area contributed by atoms with E-state index in [-0.39, 0.29) is 11.7 Å². The zero-order valence-corrected chi connectivity index (χ0v) is 8.42. The van der Waals surface area contributed by atoms with E-state index >= 15 is 0 Å². The van der Waals surface area contributed by atoms with Crippen LogP contribution >= 0.6 is 0 Å². The third-order valence-corrected chi connectivity index (χ3v) is 4.17. The van der Waals surface area contributed by atoms with E-state index in [0.717, 1.165) is 6.42 Å². The van der Waals surface area contributed by atoms with Crippen LogP contribution in [0.5, 0.6) is 0 Å². The maximum Gasteiger partial charge on any atom is 0.141 e. The summed E-state index contributed by atoms with van der Waals surface area (Å²) in [6.45, 7) is 1.86. The lowest BCUT2D eigenvalue weighted by Crippen LogP contribution is -2.49. The number of nitrogens with zero attached hydrogens (tertiary/aromatic N) is 1. The molecule has 0 aromatic rings. The van der Waals surface area contributed by atoms with Crippen molar-refractivity contribution in [2.75, 3.05) is 0 Å². The number of carbonyl (C=O) groups is 1. The molecule has 2 saturated carbocycles. The molecule has 2 aliphatic rings. The monoisotopic (exact) mass is 193 g/mol. The standard InChI is InChI=1S/C11H15NO2/c1-10-4-2-8(7-12)6-11(10,14)5-3-9(10)13/h8,14H,2-6H2,1H3/t8-,10+,11-/m0/s1. The molecule has 3 atom stereocenters. The Morgan fingerprint density at radius 3 is 2.93 bits per heavy atom. The van der Waals surface area contributed by atoms with Crippen LogP contribution in [0.2, 0.25) is 0 Å². The second kappa shape index (κ2) is 2.80. The van der Waals surface area contributed by atoms with Gasteiger partial charge in [0.05, 0.1) is 17.1 Å². The van der Waals surface area contributed by atoms with Crippen LogP contribution in [0.25, 0.3) is 0 Å². The first kappa shape index (κ1) is 9.67. The number of rotatable bonds is 0. The lowest BCUT2D eigenvalue weighted by Gasteiger charge is -2.43. The van der Waals surface area contributed by atoms with Crippen molar-refractivity contribution in [1.82, 2.24) is 0 Å². The van der Waals surface area contributed by atoms with Crippen LogP contribution in [0, 0.1) is 22.7 Å². The van der Waals surface area contributed by atoms with Crippen molar-refractivity contribution >= 4 is 5.78 Å². The number of Topliss-reactive ketones (excluding diaryl/α,β-unsaturated/α-hetero) is 1. The smallest absolute Gasteiger partial charge is 0.141 e. The van der Waals surface area contributed by atoms with E-state index in [0.29, 0.717) is 25.7 Å². The largest absolute Gasteiger partial charge is 0.389 e. The van der Waals surface area contributed by atoms with E-state index in [4.69, 9.17) is 5.26 Å². The Bertz CT molecular complexity index is 320. The fraction of sp³-hybridized carbons (Fsp3) is 0.818. The second-order valence-electron chi connectivity index (χ2n) is 4.86. The quantitative estimate of drug-likeness (QED) is 0.632. The molecular weight excluding hydrogens is 178 g/mol. The molecule has 1 N–H and O–H groups in total. The van der Waals surface area contributed by atoms with Crippen molar-refractivity contribution < 1.29 is 9.90 Å². The minimum atomic E-state index is -0.900. The van der Waals surface area contributed by atoms with Crippen molar-refractivity contribution in [1.29, 1.82) is 5.26 Å². The zero-order valence-electron chi connectivity index (χ0n) is 8.42. The van der Waals surface area contributed by atoms with Crippen LogP contribution < -0.4 is 0 Å². The molecule has 0 spiro atoms. The summed E-state index contributed by atoms with van der Waals surface area (Å²) < 4.78 is 0. The maximum absolute atomic E-state index is 11.7. The molecule has 0 saturated heterocycles. The first-order chi connectivity index (χ1) is 6.52. The van der Waals surface area contributed by atoms with E-state index in [1.54, 1.807) is 0 Å². The van der Waals surface area contributed by atoms with Crippen molar-refractivity contribution in [2.45, 2.75) is 44.6 Å². The summed E-state index contributed by atoms with van der Waals surface area (Å²) in [5.74, 6) is 0.107. The number of hydrogen-bond acceptors (Lipinski definition) is 3. The summed E-state index contributed by atoms with van der Waals surface area (Å²) in [5.41, 5.74) is -1.47. The molecule has 0 unspecified atom stereocenters. The molecule has 0 aromatic carbocycles. The summed E-state index contributed by atoms with van der Waals surface area (Å²) in [6, 6.07) is 2.20. The number of ketones is 1. The first-order valence-corrected chi connectivity index (χ1v) is 5.17. The van der Waals surface area contributed by atoms with Crippen LogP contribution in [-0.2, 0) is 4.79 Å². The highest BCUT2D eigenvalue weighted by Gasteiger charge is 2.58. The van der Waals surface area contributed by atoms with E-state index in [2.05, 4.69) is 6.07 Å². The third kappa shape index (κ3) is 1.04. The Kier molecular flexibility index (Phi) is 1.94. The summed E-state index contributed by atoms with van der Waals surface area (Å²) >= 11 is 0. The lowest BCUT2D eigenvalue weighted by atomic mass is 9.63. The van der Waals surface area contributed by atoms with E-state index in [1.165, 1.54) is 0 Å². The predicted octanol–water partition coefficient (Wildman–Crippen LogP) is 1.41. The van der Waals surface area contributed by atoms with Gasteiger partial charge in [0.1, 0.15) is 5.78 Å². The third-order valence-electron chi connectivity index (χ3n) is 4.17. The Labute approximate surface area is 83.7 Å². The molecule has 0 aliphatic heterocycles. The van der Waals surface area contributed by atoms with Crippen molar-refractivity contribution in [2.24, 2.45) is 11.3 Å². The van der Waals surface area contributed by atoms with Gasteiger partial charge in [0.25, 0.3) is 0 Å². The molecule has 76 valence electrons. The first-order valence-electron chi connectivity index (χ1n) is 5.17. The van der Waals surface area contributed by atoms with Gasteiger partial charge >= 0.3 is 0 Å². The minimum Gasteiger partial charge on any atom is -0.389 e. The molecule has 2 aliphatic carbocycles. The predicted molar refractivity (Wildman–Crippen MR) is 50.3 cm³/mol. The highest BCUT2D eigenvalue weighted by Crippen LogP contribution is 2.53. The summed E-state index contributed by atoms with van der Waals surface area (Å²) in [7, 11) is 0. The average molecular weight is 193 g/mol. The SMILES string of the molecule is C[C@]12CC[C@H](C#N)C[C@@]1(O)CCC2=O. The van der Waals surface area contributed by atoms with Crippen LogP contribution in [0.15, 0.2) is 0 Å².